The molecule has 0 aromatic carbocycles. The van der Waals surface area contributed by atoms with Gasteiger partial charge in [0.25, 0.3) is 0 Å². The molecule has 0 saturated heterocycles. The van der Waals surface area contributed by atoms with Gasteiger partial charge in [0.1, 0.15) is 0 Å². The predicted molar refractivity (Wildman–Crippen MR) is 91.3 cm³/mol. The first kappa shape index (κ1) is 19.7. The summed E-state index contributed by atoms with van der Waals surface area (Å²) in [5, 5.41) is 0. The number of unbranched alkanes of at least 4 members (excludes halogenated alkanes) is 9. The van der Waals surface area contributed by atoms with Crippen LogP contribution in [0.2, 0.25) is 0 Å². The van der Waals surface area contributed by atoms with Crippen molar-refractivity contribution in [2.75, 3.05) is 7.11 Å². The SMILES string of the molecule is CCCCCCCCCCC/C=C/C=C/C=C/C(=O)OC. The molecule has 0 bridgehead atoms. The molecular weight excluding hydrogens is 260 g/mol. The molecule has 0 heterocycles. The Morgan fingerprint density at radius 3 is 2.00 bits per heavy atom. The third-order valence-corrected chi connectivity index (χ3v) is 3.38. The lowest BCUT2D eigenvalue weighted by Gasteiger charge is -2.00. The Labute approximate surface area is 131 Å². The van der Waals surface area contributed by atoms with Crippen LogP contribution in [0.1, 0.15) is 71.1 Å². The molecule has 0 aliphatic heterocycles. The van der Waals surface area contributed by atoms with Crippen LogP contribution in [-0.4, -0.2) is 13.1 Å². The second kappa shape index (κ2) is 16.7. The zero-order valence-electron chi connectivity index (χ0n) is 13.9. The maximum Gasteiger partial charge on any atom is 0.330 e. The number of methoxy groups -OCH3 is 1. The van der Waals surface area contributed by atoms with Crippen LogP contribution >= 0.6 is 0 Å². The molecule has 0 amide bonds. The van der Waals surface area contributed by atoms with Crippen LogP contribution in [0.3, 0.4) is 0 Å². The summed E-state index contributed by atoms with van der Waals surface area (Å²) in [6.45, 7) is 2.26. The first-order chi connectivity index (χ1) is 10.3. The highest BCUT2D eigenvalue weighted by atomic mass is 16.5. The van der Waals surface area contributed by atoms with Crippen LogP contribution in [0, 0.1) is 0 Å². The van der Waals surface area contributed by atoms with Crippen molar-refractivity contribution in [3.05, 3.63) is 36.5 Å². The Morgan fingerprint density at radius 2 is 1.38 bits per heavy atom. The van der Waals surface area contributed by atoms with Gasteiger partial charge >= 0.3 is 5.97 Å². The number of esters is 1. The van der Waals surface area contributed by atoms with Gasteiger partial charge in [0, 0.05) is 6.08 Å². The van der Waals surface area contributed by atoms with E-state index in [0.717, 1.165) is 6.42 Å². The van der Waals surface area contributed by atoms with Gasteiger partial charge in [-0.2, -0.15) is 0 Å². The van der Waals surface area contributed by atoms with Gasteiger partial charge in [-0.05, 0) is 12.8 Å². The molecule has 0 saturated carbocycles. The summed E-state index contributed by atoms with van der Waals surface area (Å²) in [6.07, 6.45) is 24.6. The highest BCUT2D eigenvalue weighted by Gasteiger charge is 1.91. The summed E-state index contributed by atoms with van der Waals surface area (Å²) in [5.74, 6) is -0.321. The van der Waals surface area contributed by atoms with Crippen LogP contribution in [0.25, 0.3) is 0 Å². The third kappa shape index (κ3) is 16.6. The van der Waals surface area contributed by atoms with E-state index in [1.165, 1.54) is 71.0 Å². The van der Waals surface area contributed by atoms with E-state index in [0.29, 0.717) is 0 Å². The fourth-order valence-corrected chi connectivity index (χ4v) is 2.08. The lowest BCUT2D eigenvalue weighted by molar-refractivity contribution is -0.134. The summed E-state index contributed by atoms with van der Waals surface area (Å²) in [6, 6.07) is 0. The van der Waals surface area contributed by atoms with E-state index in [1.807, 2.05) is 18.2 Å². The molecule has 2 heteroatoms. The zero-order chi connectivity index (χ0) is 15.6. The minimum Gasteiger partial charge on any atom is -0.466 e. The average molecular weight is 292 g/mol. The lowest BCUT2D eigenvalue weighted by Crippen LogP contribution is -1.92. The van der Waals surface area contributed by atoms with Gasteiger partial charge in [0.05, 0.1) is 7.11 Å². The van der Waals surface area contributed by atoms with E-state index in [9.17, 15) is 4.79 Å². The van der Waals surface area contributed by atoms with Gasteiger partial charge in [0.15, 0.2) is 0 Å². The fourth-order valence-electron chi connectivity index (χ4n) is 2.08. The van der Waals surface area contributed by atoms with Crippen molar-refractivity contribution in [3.63, 3.8) is 0 Å². The Hall–Kier alpha value is -1.31. The number of rotatable bonds is 13. The van der Waals surface area contributed by atoms with E-state index < -0.39 is 0 Å². The van der Waals surface area contributed by atoms with Crippen LogP contribution in [0.4, 0.5) is 0 Å². The summed E-state index contributed by atoms with van der Waals surface area (Å²) in [4.78, 5) is 10.8. The Balaban J connectivity index is 3.31. The molecule has 0 fully saturated rings. The van der Waals surface area contributed by atoms with Gasteiger partial charge in [-0.3, -0.25) is 0 Å². The van der Waals surface area contributed by atoms with Gasteiger partial charge in [-0.25, -0.2) is 4.79 Å². The molecule has 0 unspecified atom stereocenters. The molecule has 0 aromatic rings. The average Bonchev–Trinajstić information content (AvgIpc) is 2.50. The minimum absolute atomic E-state index is 0.321. The fraction of sp³-hybridized carbons (Fsp3) is 0.632. The molecule has 0 N–H and O–H groups in total. The van der Waals surface area contributed by atoms with Crippen molar-refractivity contribution in [2.45, 2.75) is 71.1 Å². The molecule has 0 aliphatic rings. The minimum atomic E-state index is -0.321. The summed E-state index contributed by atoms with van der Waals surface area (Å²) >= 11 is 0. The van der Waals surface area contributed by atoms with Crippen molar-refractivity contribution in [1.82, 2.24) is 0 Å². The highest BCUT2D eigenvalue weighted by molar-refractivity contribution is 5.82. The Kier molecular flexibility index (Phi) is 15.7. The van der Waals surface area contributed by atoms with Crippen molar-refractivity contribution in [3.8, 4) is 0 Å². The van der Waals surface area contributed by atoms with Crippen LogP contribution < -0.4 is 0 Å². The van der Waals surface area contributed by atoms with Crippen LogP contribution in [-0.2, 0) is 9.53 Å². The smallest absolute Gasteiger partial charge is 0.330 e. The summed E-state index contributed by atoms with van der Waals surface area (Å²) in [5.41, 5.74) is 0. The molecule has 0 atom stereocenters. The molecule has 0 rings (SSSR count). The van der Waals surface area contributed by atoms with Gasteiger partial charge in [-0.1, -0.05) is 88.7 Å². The number of ether oxygens (including phenoxy) is 1. The first-order valence-corrected chi connectivity index (χ1v) is 8.39. The summed E-state index contributed by atoms with van der Waals surface area (Å²) in [7, 11) is 1.38. The standard InChI is InChI=1S/C19H32O2/c1-3-4-5-6-7-8-9-10-11-12-13-14-15-16-17-18-19(20)21-2/h13-18H,3-12H2,1-2H3/b14-13+,16-15+,18-17+. The number of carbonyl (C=O) groups is 1. The maximum atomic E-state index is 10.8. The molecule has 0 spiro atoms. The molecule has 0 aromatic heterocycles. The van der Waals surface area contributed by atoms with E-state index in [2.05, 4.69) is 17.7 Å². The first-order valence-electron chi connectivity index (χ1n) is 8.39. The topological polar surface area (TPSA) is 26.3 Å². The van der Waals surface area contributed by atoms with Crippen molar-refractivity contribution < 1.29 is 9.53 Å². The normalized spacial score (nSPS) is 11.9. The van der Waals surface area contributed by atoms with E-state index in [1.54, 1.807) is 6.08 Å². The largest absolute Gasteiger partial charge is 0.466 e. The summed E-state index contributed by atoms with van der Waals surface area (Å²) < 4.78 is 4.49. The number of hydrogen-bond donors (Lipinski definition) is 0. The lowest BCUT2D eigenvalue weighted by atomic mass is 10.1. The molecule has 0 aliphatic carbocycles. The second-order valence-electron chi connectivity index (χ2n) is 5.31. The quantitative estimate of drug-likeness (QED) is 0.187. The van der Waals surface area contributed by atoms with Crippen LogP contribution in [0.15, 0.2) is 36.5 Å². The molecule has 21 heavy (non-hydrogen) atoms. The van der Waals surface area contributed by atoms with Crippen LogP contribution in [0.5, 0.6) is 0 Å². The molecular formula is C19H32O2. The van der Waals surface area contributed by atoms with Crippen molar-refractivity contribution in [1.29, 1.82) is 0 Å². The zero-order valence-corrected chi connectivity index (χ0v) is 13.9. The second-order valence-corrected chi connectivity index (χ2v) is 5.31. The number of hydrogen-bond acceptors (Lipinski definition) is 2. The maximum absolute atomic E-state index is 10.8. The van der Waals surface area contributed by atoms with Crippen molar-refractivity contribution in [2.24, 2.45) is 0 Å². The highest BCUT2D eigenvalue weighted by Crippen LogP contribution is 2.10. The third-order valence-electron chi connectivity index (χ3n) is 3.38. The van der Waals surface area contributed by atoms with Gasteiger partial charge in [0.2, 0.25) is 0 Å². The van der Waals surface area contributed by atoms with E-state index in [-0.39, 0.29) is 5.97 Å². The Bertz CT molecular complexity index is 314. The van der Waals surface area contributed by atoms with Crippen molar-refractivity contribution >= 4 is 5.97 Å². The number of allylic oxidation sites excluding steroid dienone is 5. The van der Waals surface area contributed by atoms with Gasteiger partial charge in [-0.15, -0.1) is 0 Å². The van der Waals surface area contributed by atoms with Gasteiger partial charge < -0.3 is 4.74 Å². The molecule has 0 radical (unpaired) electrons. The number of carbonyl (C=O) groups excluding carboxylic acids is 1. The molecule has 120 valence electrons. The monoisotopic (exact) mass is 292 g/mol. The predicted octanol–water partition coefficient (Wildman–Crippen LogP) is 5.75. The van der Waals surface area contributed by atoms with E-state index >= 15 is 0 Å². The Morgan fingerprint density at radius 1 is 0.810 bits per heavy atom. The molecule has 2 nitrogen and oxygen atoms in total. The van der Waals surface area contributed by atoms with E-state index in [4.69, 9.17) is 0 Å².